The fourth-order valence-electron chi connectivity index (χ4n) is 4.72. The van der Waals surface area contributed by atoms with Gasteiger partial charge in [0, 0.05) is 26.3 Å². The molecule has 1 aliphatic heterocycles. The number of phenols is 1. The van der Waals surface area contributed by atoms with Crippen LogP contribution in [0.25, 0.3) is 0 Å². The Morgan fingerprint density at radius 2 is 1.43 bits per heavy atom. The number of hydrogen-bond donors (Lipinski definition) is 2. The van der Waals surface area contributed by atoms with Crippen LogP contribution in [0.2, 0.25) is 0 Å². The van der Waals surface area contributed by atoms with E-state index < -0.39 is 48.6 Å². The van der Waals surface area contributed by atoms with E-state index >= 15 is 0 Å². The van der Waals surface area contributed by atoms with Gasteiger partial charge in [-0.05, 0) is 84.4 Å². The van der Waals surface area contributed by atoms with Gasteiger partial charge in [-0.2, -0.15) is 0 Å². The molecule has 0 saturated carbocycles. The molecule has 244 valence electrons. The smallest absolute Gasteiger partial charge is 0.303 e. The minimum Gasteiger partial charge on any atom is -0.508 e. The highest BCUT2D eigenvalue weighted by Gasteiger charge is 2.51. The van der Waals surface area contributed by atoms with Gasteiger partial charge in [0.25, 0.3) is 0 Å². The Hall–Kier alpha value is -3.63. The Morgan fingerprint density at radius 3 is 2.02 bits per heavy atom. The molecule has 1 aromatic rings. The predicted molar refractivity (Wildman–Crippen MR) is 165 cm³/mol. The topological polar surface area (TPSA) is 138 Å². The number of allylic oxidation sites excluding steroid dienone is 6. The van der Waals surface area contributed by atoms with E-state index in [1.807, 2.05) is 6.92 Å². The van der Waals surface area contributed by atoms with E-state index in [0.29, 0.717) is 23.3 Å². The van der Waals surface area contributed by atoms with Crippen molar-refractivity contribution in [3.05, 3.63) is 58.2 Å². The number of phenolic OH excluding ortho intramolecular Hbond substituents is 1. The number of carbonyl (C=O) groups excluding carboxylic acids is 3. The Morgan fingerprint density at radius 1 is 0.841 bits per heavy atom. The van der Waals surface area contributed by atoms with Crippen LogP contribution in [0.1, 0.15) is 85.3 Å². The SMILES string of the molecule is CC(=O)OC[C@H]1O[C@@H](Oc2cc(C)c(O)cc2CC=C(C)CCC=C(C)CCC=C(C)C)[C@H](O)[C@@H](OC(C)=O)[C@H]1OC(C)=O. The van der Waals surface area contributed by atoms with E-state index in [1.54, 1.807) is 19.1 Å². The molecule has 2 N–H and O–H groups in total. The molecule has 0 unspecified atom stereocenters. The average molecular weight is 617 g/mol. The summed E-state index contributed by atoms with van der Waals surface area (Å²) in [5.74, 6) is -1.61. The van der Waals surface area contributed by atoms with Gasteiger partial charge in [0.1, 0.15) is 24.2 Å². The van der Waals surface area contributed by atoms with Gasteiger partial charge in [-0.1, -0.05) is 34.9 Å². The molecule has 10 heteroatoms. The number of ether oxygens (including phenoxy) is 5. The number of rotatable bonds is 14. The van der Waals surface area contributed by atoms with Crippen LogP contribution >= 0.6 is 0 Å². The number of aliphatic hydroxyl groups excluding tert-OH is 1. The highest BCUT2D eigenvalue weighted by atomic mass is 16.7. The molecule has 0 bridgehead atoms. The number of esters is 3. The molecule has 10 nitrogen and oxygen atoms in total. The van der Waals surface area contributed by atoms with E-state index in [0.717, 1.165) is 39.5 Å². The van der Waals surface area contributed by atoms with Crippen LogP contribution in [0.15, 0.2) is 47.1 Å². The Kier molecular flexibility index (Phi) is 14.6. The van der Waals surface area contributed by atoms with Crippen molar-refractivity contribution in [1.82, 2.24) is 0 Å². The van der Waals surface area contributed by atoms with Crippen molar-refractivity contribution in [3.63, 3.8) is 0 Å². The Bertz CT molecular complexity index is 1240. The molecule has 5 atom stereocenters. The maximum Gasteiger partial charge on any atom is 0.303 e. The standard InChI is InChI=1S/C34H48O10/c1-20(2)11-9-12-21(3)13-10-14-22(4)15-16-27-18-28(38)23(5)17-29(27)43-34-31(39)33(42-26(8)37)32(41-25(7)36)30(44-34)19-40-24(6)35/h11,13,15,17-18,30-34,38-39H,9-10,12,14,16,19H2,1-8H3/t30-,31-,32+,33-,34-/m1/s1. The van der Waals surface area contributed by atoms with E-state index in [1.165, 1.54) is 23.6 Å². The third-order valence-corrected chi connectivity index (χ3v) is 7.08. The number of benzene rings is 1. The number of aromatic hydroxyl groups is 1. The van der Waals surface area contributed by atoms with Crippen LogP contribution < -0.4 is 4.74 Å². The number of aryl methyl sites for hydroxylation is 1. The Balaban J connectivity index is 2.26. The van der Waals surface area contributed by atoms with Crippen molar-refractivity contribution >= 4 is 17.9 Å². The zero-order chi connectivity index (χ0) is 33.0. The van der Waals surface area contributed by atoms with Gasteiger partial charge in [0.05, 0.1) is 0 Å². The highest BCUT2D eigenvalue weighted by molar-refractivity contribution is 5.68. The lowest BCUT2D eigenvalue weighted by atomic mass is 9.98. The summed E-state index contributed by atoms with van der Waals surface area (Å²) < 4.78 is 27.8. The third kappa shape index (κ3) is 12.2. The van der Waals surface area contributed by atoms with Gasteiger partial charge in [-0.3, -0.25) is 14.4 Å². The van der Waals surface area contributed by atoms with Crippen molar-refractivity contribution in [2.24, 2.45) is 0 Å². The maximum atomic E-state index is 11.9. The van der Waals surface area contributed by atoms with Crippen molar-refractivity contribution in [2.45, 2.75) is 118 Å². The van der Waals surface area contributed by atoms with Gasteiger partial charge in [-0.15, -0.1) is 0 Å². The van der Waals surface area contributed by atoms with E-state index in [4.69, 9.17) is 23.7 Å². The zero-order valence-corrected chi connectivity index (χ0v) is 27.2. The number of hydrogen-bond acceptors (Lipinski definition) is 10. The second-order valence-corrected chi connectivity index (χ2v) is 11.5. The van der Waals surface area contributed by atoms with Crippen molar-refractivity contribution in [2.75, 3.05) is 6.61 Å². The van der Waals surface area contributed by atoms with Crippen LogP contribution in [0.4, 0.5) is 0 Å². The van der Waals surface area contributed by atoms with Crippen LogP contribution in [0.5, 0.6) is 11.5 Å². The maximum absolute atomic E-state index is 11.9. The normalized spacial score (nSPS) is 22.2. The van der Waals surface area contributed by atoms with E-state index in [2.05, 4.69) is 39.0 Å². The lowest BCUT2D eigenvalue weighted by Gasteiger charge is -2.42. The highest BCUT2D eigenvalue weighted by Crippen LogP contribution is 2.33. The van der Waals surface area contributed by atoms with Crippen molar-refractivity contribution in [1.29, 1.82) is 0 Å². The molecule has 0 spiro atoms. The van der Waals surface area contributed by atoms with Crippen LogP contribution in [-0.2, 0) is 39.8 Å². The molecule has 0 aromatic heterocycles. The second-order valence-electron chi connectivity index (χ2n) is 11.5. The molecular weight excluding hydrogens is 568 g/mol. The Labute approximate surface area is 260 Å². The summed E-state index contributed by atoms with van der Waals surface area (Å²) >= 11 is 0. The zero-order valence-electron chi connectivity index (χ0n) is 27.2. The third-order valence-electron chi connectivity index (χ3n) is 7.08. The fraction of sp³-hybridized carbons (Fsp3) is 0.559. The molecule has 1 aliphatic rings. The van der Waals surface area contributed by atoms with Crippen molar-refractivity contribution in [3.8, 4) is 11.5 Å². The van der Waals surface area contributed by atoms with Crippen LogP contribution in [0.3, 0.4) is 0 Å². The molecule has 2 rings (SSSR count). The second kappa shape index (κ2) is 17.6. The quantitative estimate of drug-likeness (QED) is 0.155. The first-order chi connectivity index (χ1) is 20.7. The number of carbonyl (C=O) groups is 3. The van der Waals surface area contributed by atoms with Gasteiger partial charge < -0.3 is 33.9 Å². The average Bonchev–Trinajstić information content (AvgIpc) is 2.91. The monoisotopic (exact) mass is 616 g/mol. The summed E-state index contributed by atoms with van der Waals surface area (Å²) in [6, 6.07) is 3.22. The number of aliphatic hydroxyl groups is 1. The lowest BCUT2D eigenvalue weighted by molar-refractivity contribution is -0.285. The fourth-order valence-corrected chi connectivity index (χ4v) is 4.72. The van der Waals surface area contributed by atoms with Crippen molar-refractivity contribution < 1.29 is 48.3 Å². The first-order valence-corrected chi connectivity index (χ1v) is 14.9. The molecule has 0 amide bonds. The first-order valence-electron chi connectivity index (χ1n) is 14.9. The van der Waals surface area contributed by atoms with Crippen LogP contribution in [-0.4, -0.2) is 65.4 Å². The summed E-state index contributed by atoms with van der Waals surface area (Å²) in [7, 11) is 0. The lowest BCUT2D eigenvalue weighted by Crippen LogP contribution is -2.62. The summed E-state index contributed by atoms with van der Waals surface area (Å²) in [6.45, 7) is 13.3. The molecule has 0 radical (unpaired) electrons. The van der Waals surface area contributed by atoms with Gasteiger partial charge in [-0.25, -0.2) is 0 Å². The van der Waals surface area contributed by atoms with Gasteiger partial charge >= 0.3 is 17.9 Å². The summed E-state index contributed by atoms with van der Waals surface area (Å²) in [5, 5.41) is 21.6. The van der Waals surface area contributed by atoms with Gasteiger partial charge in [0.15, 0.2) is 18.3 Å². The molecule has 1 heterocycles. The molecular formula is C34H48O10. The summed E-state index contributed by atoms with van der Waals surface area (Å²) in [4.78, 5) is 35.3. The van der Waals surface area contributed by atoms with Crippen LogP contribution in [0, 0.1) is 6.92 Å². The van der Waals surface area contributed by atoms with Gasteiger partial charge in [0.2, 0.25) is 6.29 Å². The summed E-state index contributed by atoms with van der Waals surface area (Å²) in [5.41, 5.74) is 5.02. The largest absolute Gasteiger partial charge is 0.508 e. The minimum atomic E-state index is -1.57. The predicted octanol–water partition coefficient (Wildman–Crippen LogP) is 5.55. The molecule has 0 aliphatic carbocycles. The van der Waals surface area contributed by atoms with E-state index in [-0.39, 0.29) is 12.4 Å². The molecule has 44 heavy (non-hydrogen) atoms. The first kappa shape index (κ1) is 36.6. The molecule has 1 aromatic carbocycles. The molecule has 1 saturated heterocycles. The minimum absolute atomic E-state index is 0.0823. The molecule has 1 fully saturated rings. The van der Waals surface area contributed by atoms with E-state index in [9.17, 15) is 24.6 Å². The summed E-state index contributed by atoms with van der Waals surface area (Å²) in [6.07, 6.45) is 4.17.